The normalized spacial score (nSPS) is 11.2. The van der Waals surface area contributed by atoms with Crippen LogP contribution in [-0.4, -0.2) is 24.3 Å². The summed E-state index contributed by atoms with van der Waals surface area (Å²) in [5.41, 5.74) is 1.13. The third-order valence-corrected chi connectivity index (χ3v) is 4.38. The number of rotatable bonds is 6. The van der Waals surface area contributed by atoms with E-state index >= 15 is 0 Å². The number of ketones is 1. The summed E-state index contributed by atoms with van der Waals surface area (Å²) in [4.78, 5) is 16.3. The molecule has 0 spiro atoms. The number of hydrogen-bond acceptors (Lipinski definition) is 4. The number of likely N-dealkylation sites (N-methyl/N-ethyl adjacent to an activating group) is 1. The number of furan rings is 1. The van der Waals surface area contributed by atoms with E-state index in [-0.39, 0.29) is 5.78 Å². The summed E-state index contributed by atoms with van der Waals surface area (Å²) < 4.78 is 5.26. The van der Waals surface area contributed by atoms with Crippen LogP contribution in [0.5, 0.6) is 0 Å². The van der Waals surface area contributed by atoms with Crippen molar-refractivity contribution in [2.75, 3.05) is 13.6 Å². The van der Waals surface area contributed by atoms with Crippen LogP contribution in [0.4, 0.5) is 0 Å². The highest BCUT2D eigenvalue weighted by atomic mass is 32.1. The number of carbonyl (C=O) groups is 1. The lowest BCUT2D eigenvalue weighted by molar-refractivity contribution is 0.0946. The fraction of sp³-hybridized carbons (Fsp3) is 0.400. The first-order valence-electron chi connectivity index (χ1n) is 6.43. The van der Waals surface area contributed by atoms with E-state index in [2.05, 4.69) is 6.92 Å². The molecule has 102 valence electrons. The molecule has 2 aromatic rings. The molecule has 0 unspecified atom stereocenters. The van der Waals surface area contributed by atoms with Gasteiger partial charge in [0.15, 0.2) is 5.78 Å². The van der Waals surface area contributed by atoms with Crippen molar-refractivity contribution in [2.24, 2.45) is 0 Å². The Morgan fingerprint density at radius 1 is 1.37 bits per heavy atom. The van der Waals surface area contributed by atoms with Gasteiger partial charge in [-0.3, -0.25) is 9.69 Å². The molecule has 0 aliphatic carbocycles. The second-order valence-electron chi connectivity index (χ2n) is 4.72. The molecule has 0 aliphatic heterocycles. The van der Waals surface area contributed by atoms with Gasteiger partial charge in [-0.1, -0.05) is 6.92 Å². The van der Waals surface area contributed by atoms with Crippen molar-refractivity contribution >= 4 is 17.1 Å². The van der Waals surface area contributed by atoms with Gasteiger partial charge in [-0.15, -0.1) is 11.3 Å². The van der Waals surface area contributed by atoms with Crippen LogP contribution in [0.15, 0.2) is 28.9 Å². The number of thiophene rings is 1. The summed E-state index contributed by atoms with van der Waals surface area (Å²) in [6, 6.07) is 5.93. The molecule has 2 rings (SSSR count). The molecule has 0 fully saturated rings. The van der Waals surface area contributed by atoms with Gasteiger partial charge in [-0.25, -0.2) is 0 Å². The number of nitrogens with zero attached hydrogens (tertiary/aromatic N) is 1. The lowest BCUT2D eigenvalue weighted by Crippen LogP contribution is -2.25. The highest BCUT2D eigenvalue weighted by Crippen LogP contribution is 2.18. The first kappa shape index (κ1) is 14.0. The average Bonchev–Trinajstić information content (AvgIpc) is 2.99. The third-order valence-electron chi connectivity index (χ3n) is 3.10. The van der Waals surface area contributed by atoms with Crippen LogP contribution < -0.4 is 0 Å². The summed E-state index contributed by atoms with van der Waals surface area (Å²) >= 11 is 1.60. The largest absolute Gasteiger partial charge is 0.469 e. The minimum absolute atomic E-state index is 0.188. The minimum atomic E-state index is 0.188. The molecular weight excluding hydrogens is 258 g/mol. The van der Waals surface area contributed by atoms with Gasteiger partial charge in [0.2, 0.25) is 0 Å². The monoisotopic (exact) mass is 277 g/mol. The summed E-state index contributed by atoms with van der Waals surface area (Å²) in [6.45, 7) is 5.22. The van der Waals surface area contributed by atoms with Crippen molar-refractivity contribution in [2.45, 2.75) is 26.8 Å². The van der Waals surface area contributed by atoms with Gasteiger partial charge in [-0.2, -0.15) is 0 Å². The molecular formula is C15H19NO2S. The predicted octanol–water partition coefficient (Wildman–Crippen LogP) is 3.53. The maximum absolute atomic E-state index is 12.1. The second kappa shape index (κ2) is 6.17. The summed E-state index contributed by atoms with van der Waals surface area (Å²) in [5, 5.41) is 0. The smallest absolute Gasteiger partial charge is 0.186 e. The van der Waals surface area contributed by atoms with Gasteiger partial charge in [0.05, 0.1) is 17.7 Å². The van der Waals surface area contributed by atoms with Crippen molar-refractivity contribution in [1.82, 2.24) is 4.90 Å². The molecule has 3 nitrogen and oxygen atoms in total. The summed E-state index contributed by atoms with van der Waals surface area (Å²) in [6.07, 6.45) is 2.68. The van der Waals surface area contributed by atoms with Crippen molar-refractivity contribution in [3.05, 3.63) is 45.5 Å². The van der Waals surface area contributed by atoms with E-state index in [4.69, 9.17) is 4.42 Å². The Morgan fingerprint density at radius 2 is 2.16 bits per heavy atom. The minimum Gasteiger partial charge on any atom is -0.469 e. The quantitative estimate of drug-likeness (QED) is 0.757. The number of Topliss-reactive ketones (excluding diaryl/α,β-unsaturated/α-hetero) is 1. The molecule has 0 aliphatic rings. The molecule has 0 radical (unpaired) electrons. The number of hydrogen-bond donors (Lipinski definition) is 0. The Balaban J connectivity index is 1.93. The second-order valence-corrected chi connectivity index (χ2v) is 5.89. The Hall–Kier alpha value is -1.39. The van der Waals surface area contributed by atoms with Crippen molar-refractivity contribution < 1.29 is 9.21 Å². The molecule has 0 saturated carbocycles. The van der Waals surface area contributed by atoms with Gasteiger partial charge in [-0.05, 0) is 38.6 Å². The Morgan fingerprint density at radius 3 is 2.74 bits per heavy atom. The molecule has 0 atom stereocenters. The Labute approximate surface area is 117 Å². The van der Waals surface area contributed by atoms with Gasteiger partial charge >= 0.3 is 0 Å². The van der Waals surface area contributed by atoms with Crippen LogP contribution in [-0.2, 0) is 13.0 Å². The lowest BCUT2D eigenvalue weighted by atomic mass is 10.2. The van der Waals surface area contributed by atoms with E-state index in [1.54, 1.807) is 17.6 Å². The van der Waals surface area contributed by atoms with Gasteiger partial charge in [0, 0.05) is 17.0 Å². The van der Waals surface area contributed by atoms with E-state index in [1.807, 2.05) is 37.1 Å². The average molecular weight is 277 g/mol. The Kier molecular flexibility index (Phi) is 4.56. The first-order chi connectivity index (χ1) is 9.10. The molecule has 0 amide bonds. The fourth-order valence-corrected chi connectivity index (χ4v) is 2.84. The number of carbonyl (C=O) groups excluding carboxylic acids is 1. The molecule has 4 heteroatoms. The SMILES string of the molecule is CCc1ccc(C(=O)CN(C)Cc2ccoc2C)s1. The summed E-state index contributed by atoms with van der Waals surface area (Å²) in [5.74, 6) is 1.11. The molecule has 0 aromatic carbocycles. The van der Waals surface area contributed by atoms with Gasteiger partial charge < -0.3 is 4.42 Å². The van der Waals surface area contributed by atoms with E-state index < -0.39 is 0 Å². The standard InChI is InChI=1S/C15H19NO2S/c1-4-13-5-6-15(19-13)14(17)10-16(3)9-12-7-8-18-11(12)2/h5-8H,4,9-10H2,1-3H3. The maximum atomic E-state index is 12.1. The highest BCUT2D eigenvalue weighted by molar-refractivity contribution is 7.14. The van der Waals surface area contributed by atoms with Crippen LogP contribution >= 0.6 is 11.3 Å². The lowest BCUT2D eigenvalue weighted by Gasteiger charge is -2.14. The zero-order chi connectivity index (χ0) is 13.8. The molecule has 0 N–H and O–H groups in total. The van der Waals surface area contributed by atoms with E-state index in [0.717, 1.165) is 29.2 Å². The molecule has 0 saturated heterocycles. The number of aryl methyl sites for hydroxylation is 2. The first-order valence-corrected chi connectivity index (χ1v) is 7.25. The third kappa shape index (κ3) is 3.55. The van der Waals surface area contributed by atoms with Crippen molar-refractivity contribution in [3.63, 3.8) is 0 Å². The fourth-order valence-electron chi connectivity index (χ4n) is 1.96. The van der Waals surface area contributed by atoms with Crippen LogP contribution in [0, 0.1) is 6.92 Å². The zero-order valence-corrected chi connectivity index (χ0v) is 12.4. The predicted molar refractivity (Wildman–Crippen MR) is 77.8 cm³/mol. The zero-order valence-electron chi connectivity index (χ0n) is 11.6. The van der Waals surface area contributed by atoms with Crippen LogP contribution in [0.3, 0.4) is 0 Å². The van der Waals surface area contributed by atoms with Crippen LogP contribution in [0.1, 0.15) is 32.8 Å². The highest BCUT2D eigenvalue weighted by Gasteiger charge is 2.13. The molecule has 2 aromatic heterocycles. The topological polar surface area (TPSA) is 33.5 Å². The van der Waals surface area contributed by atoms with E-state index in [1.165, 1.54) is 4.88 Å². The van der Waals surface area contributed by atoms with Gasteiger partial charge in [0.25, 0.3) is 0 Å². The van der Waals surface area contributed by atoms with Crippen molar-refractivity contribution in [1.29, 1.82) is 0 Å². The van der Waals surface area contributed by atoms with Crippen molar-refractivity contribution in [3.8, 4) is 0 Å². The van der Waals surface area contributed by atoms with E-state index in [0.29, 0.717) is 6.54 Å². The van der Waals surface area contributed by atoms with E-state index in [9.17, 15) is 4.79 Å². The summed E-state index contributed by atoms with van der Waals surface area (Å²) in [7, 11) is 1.96. The van der Waals surface area contributed by atoms with Crippen LogP contribution in [0.2, 0.25) is 0 Å². The molecule has 19 heavy (non-hydrogen) atoms. The Bertz CT molecular complexity index is 556. The van der Waals surface area contributed by atoms with Gasteiger partial charge in [0.1, 0.15) is 5.76 Å². The molecule has 2 heterocycles. The maximum Gasteiger partial charge on any atom is 0.186 e. The van der Waals surface area contributed by atoms with Crippen LogP contribution in [0.25, 0.3) is 0 Å². The molecule has 0 bridgehead atoms.